The molecule has 0 saturated heterocycles. The summed E-state index contributed by atoms with van der Waals surface area (Å²) < 4.78 is 5.63. The molecule has 0 amide bonds. The van der Waals surface area contributed by atoms with Crippen molar-refractivity contribution in [2.45, 2.75) is 219 Å². The van der Waals surface area contributed by atoms with Gasteiger partial charge in [0.1, 0.15) is 0 Å². The molecule has 1 atom stereocenters. The van der Waals surface area contributed by atoms with Crippen LogP contribution in [0.2, 0.25) is 0 Å². The molecule has 0 bridgehead atoms. The summed E-state index contributed by atoms with van der Waals surface area (Å²) in [6, 6.07) is 0. The molecule has 0 aromatic carbocycles. The second-order valence-corrected chi connectivity index (χ2v) is 13.1. The Balaban J connectivity index is 3.74. The van der Waals surface area contributed by atoms with Crippen LogP contribution >= 0.6 is 0 Å². The zero-order chi connectivity index (χ0) is 30.8. The lowest BCUT2D eigenvalue weighted by atomic mass is 9.94. The molecule has 0 aromatic rings. The summed E-state index contributed by atoms with van der Waals surface area (Å²) in [7, 11) is 0. The van der Waals surface area contributed by atoms with Crippen LogP contribution in [0, 0.1) is 5.92 Å². The SMILES string of the molecule is CCCCCCCCCCCCCCC(CCCCCCCCCCCCCCCCCC(=O)O)C(=O)OCCCC. The zero-order valence-electron chi connectivity index (χ0n) is 28.6. The van der Waals surface area contributed by atoms with Crippen LogP contribution in [0.25, 0.3) is 0 Å². The Bertz CT molecular complexity index is 561. The van der Waals surface area contributed by atoms with E-state index in [1.165, 1.54) is 161 Å². The van der Waals surface area contributed by atoms with Crippen LogP contribution in [0.3, 0.4) is 0 Å². The topological polar surface area (TPSA) is 63.6 Å². The van der Waals surface area contributed by atoms with Crippen LogP contribution in [0.15, 0.2) is 0 Å². The van der Waals surface area contributed by atoms with E-state index < -0.39 is 5.97 Å². The minimum atomic E-state index is -0.663. The largest absolute Gasteiger partial charge is 0.481 e. The fraction of sp³-hybridized carbons (Fsp3) is 0.947. The van der Waals surface area contributed by atoms with E-state index in [9.17, 15) is 9.59 Å². The van der Waals surface area contributed by atoms with Crippen LogP contribution in [-0.2, 0) is 14.3 Å². The predicted octanol–water partition coefficient (Wildman–Crippen LogP) is 12.8. The lowest BCUT2D eigenvalue weighted by molar-refractivity contribution is -0.149. The molecule has 0 spiro atoms. The van der Waals surface area contributed by atoms with Crippen molar-refractivity contribution in [3.05, 3.63) is 0 Å². The number of carbonyl (C=O) groups excluding carboxylic acids is 1. The Kier molecular flexibility index (Phi) is 33.6. The van der Waals surface area contributed by atoms with Gasteiger partial charge in [-0.2, -0.15) is 0 Å². The third kappa shape index (κ3) is 31.9. The number of carbonyl (C=O) groups is 2. The lowest BCUT2D eigenvalue weighted by Gasteiger charge is -2.16. The van der Waals surface area contributed by atoms with Gasteiger partial charge in [0.05, 0.1) is 12.5 Å². The molecule has 4 heteroatoms. The van der Waals surface area contributed by atoms with Gasteiger partial charge in [-0.15, -0.1) is 0 Å². The number of rotatable bonds is 35. The highest BCUT2D eigenvalue weighted by Crippen LogP contribution is 2.22. The Morgan fingerprint density at radius 3 is 1.10 bits per heavy atom. The van der Waals surface area contributed by atoms with Gasteiger partial charge in [-0.3, -0.25) is 9.59 Å². The van der Waals surface area contributed by atoms with Gasteiger partial charge in [0.2, 0.25) is 0 Å². The van der Waals surface area contributed by atoms with E-state index >= 15 is 0 Å². The molecule has 0 aliphatic rings. The highest BCUT2D eigenvalue weighted by molar-refractivity contribution is 5.72. The van der Waals surface area contributed by atoms with Crippen LogP contribution in [0.1, 0.15) is 219 Å². The highest BCUT2D eigenvalue weighted by Gasteiger charge is 2.19. The van der Waals surface area contributed by atoms with Crippen LogP contribution in [0.5, 0.6) is 0 Å². The molecule has 0 saturated carbocycles. The number of carboxylic acids is 1. The van der Waals surface area contributed by atoms with Crippen molar-refractivity contribution in [2.24, 2.45) is 5.92 Å². The van der Waals surface area contributed by atoms with Gasteiger partial charge in [-0.25, -0.2) is 0 Å². The number of unbranched alkanes of at least 4 members (excludes halogenated alkanes) is 26. The van der Waals surface area contributed by atoms with Crippen molar-refractivity contribution in [1.82, 2.24) is 0 Å². The number of carboxylic acid groups (broad SMARTS) is 1. The number of hydrogen-bond donors (Lipinski definition) is 1. The molecule has 0 fully saturated rings. The van der Waals surface area contributed by atoms with Crippen LogP contribution < -0.4 is 0 Å². The van der Waals surface area contributed by atoms with E-state index in [0.29, 0.717) is 13.0 Å². The zero-order valence-corrected chi connectivity index (χ0v) is 28.6. The van der Waals surface area contributed by atoms with E-state index in [4.69, 9.17) is 9.84 Å². The maximum Gasteiger partial charge on any atom is 0.308 e. The molecule has 0 radical (unpaired) electrons. The fourth-order valence-corrected chi connectivity index (χ4v) is 6.01. The summed E-state index contributed by atoms with van der Waals surface area (Å²) >= 11 is 0. The molecule has 0 aliphatic carbocycles. The fourth-order valence-electron chi connectivity index (χ4n) is 6.01. The molecule has 0 rings (SSSR count). The van der Waals surface area contributed by atoms with Crippen LogP contribution in [0.4, 0.5) is 0 Å². The van der Waals surface area contributed by atoms with Crippen molar-refractivity contribution in [3.63, 3.8) is 0 Å². The van der Waals surface area contributed by atoms with Gasteiger partial charge in [0.15, 0.2) is 0 Å². The minimum absolute atomic E-state index is 0.0738. The predicted molar refractivity (Wildman–Crippen MR) is 181 cm³/mol. The van der Waals surface area contributed by atoms with Gasteiger partial charge in [-0.05, 0) is 25.7 Å². The molecule has 1 unspecified atom stereocenters. The second-order valence-electron chi connectivity index (χ2n) is 13.1. The van der Waals surface area contributed by atoms with Crippen LogP contribution in [-0.4, -0.2) is 23.7 Å². The Hall–Kier alpha value is -1.06. The Morgan fingerprint density at radius 1 is 0.452 bits per heavy atom. The summed E-state index contributed by atoms with van der Waals surface area (Å²) in [5.74, 6) is -0.469. The van der Waals surface area contributed by atoms with E-state index in [-0.39, 0.29) is 11.9 Å². The number of aliphatic carboxylic acids is 1. The monoisotopic (exact) mass is 595 g/mol. The summed E-state index contributed by atoms with van der Waals surface area (Å²) in [6.45, 7) is 5.03. The van der Waals surface area contributed by atoms with Crippen molar-refractivity contribution in [1.29, 1.82) is 0 Å². The first-order valence-electron chi connectivity index (χ1n) is 19.0. The first kappa shape index (κ1) is 40.9. The molecule has 250 valence electrons. The Morgan fingerprint density at radius 2 is 0.762 bits per heavy atom. The molecule has 0 aromatic heterocycles. The summed E-state index contributed by atoms with van der Waals surface area (Å²) in [5.41, 5.74) is 0. The maximum atomic E-state index is 12.7. The van der Waals surface area contributed by atoms with Gasteiger partial charge >= 0.3 is 11.9 Å². The van der Waals surface area contributed by atoms with Gasteiger partial charge in [0, 0.05) is 6.42 Å². The average Bonchev–Trinajstić information content (AvgIpc) is 2.98. The van der Waals surface area contributed by atoms with E-state index in [1.54, 1.807) is 0 Å². The third-order valence-corrected chi connectivity index (χ3v) is 8.92. The quantitative estimate of drug-likeness (QED) is 0.0585. The normalized spacial score (nSPS) is 12.0. The molecule has 1 N–H and O–H groups in total. The Labute approximate surface area is 262 Å². The number of ether oxygens (including phenoxy) is 1. The highest BCUT2D eigenvalue weighted by atomic mass is 16.5. The first-order chi connectivity index (χ1) is 20.6. The van der Waals surface area contributed by atoms with Crippen molar-refractivity contribution < 1.29 is 19.4 Å². The van der Waals surface area contributed by atoms with E-state index in [1.807, 2.05) is 0 Å². The van der Waals surface area contributed by atoms with E-state index in [0.717, 1.165) is 38.5 Å². The molecule has 4 nitrogen and oxygen atoms in total. The third-order valence-electron chi connectivity index (χ3n) is 8.92. The molecule has 42 heavy (non-hydrogen) atoms. The summed E-state index contributed by atoms with van der Waals surface area (Å²) in [4.78, 5) is 23.2. The molecular formula is C38H74O4. The van der Waals surface area contributed by atoms with Gasteiger partial charge in [-0.1, -0.05) is 187 Å². The summed E-state index contributed by atoms with van der Waals surface area (Å²) in [6.07, 6.45) is 39.6. The van der Waals surface area contributed by atoms with Gasteiger partial charge < -0.3 is 9.84 Å². The summed E-state index contributed by atoms with van der Waals surface area (Å²) in [5, 5.41) is 8.66. The lowest BCUT2D eigenvalue weighted by Crippen LogP contribution is -2.18. The standard InChI is InChI=1S/C38H74O4/c1-3-5-7-8-9-10-11-17-20-23-26-29-32-36(38(41)42-35-6-4-2)33-30-27-24-21-18-15-13-12-14-16-19-22-25-28-31-34-37(39)40/h36H,3-35H2,1-2H3,(H,39,40). The number of hydrogen-bond acceptors (Lipinski definition) is 3. The smallest absolute Gasteiger partial charge is 0.308 e. The van der Waals surface area contributed by atoms with Gasteiger partial charge in [0.25, 0.3) is 0 Å². The van der Waals surface area contributed by atoms with Crippen molar-refractivity contribution in [3.8, 4) is 0 Å². The minimum Gasteiger partial charge on any atom is -0.481 e. The molecular weight excluding hydrogens is 520 g/mol. The number of esters is 1. The van der Waals surface area contributed by atoms with Crippen molar-refractivity contribution >= 4 is 11.9 Å². The first-order valence-corrected chi connectivity index (χ1v) is 19.0. The van der Waals surface area contributed by atoms with Crippen molar-refractivity contribution in [2.75, 3.05) is 6.61 Å². The molecule has 0 heterocycles. The molecule has 0 aliphatic heterocycles. The second kappa shape index (κ2) is 34.4. The average molecular weight is 595 g/mol. The van der Waals surface area contributed by atoms with E-state index in [2.05, 4.69) is 13.8 Å². The maximum absolute atomic E-state index is 12.7.